The molecule has 0 spiro atoms. The zero-order valence-corrected chi connectivity index (χ0v) is 16.4. The molecule has 1 unspecified atom stereocenters. The molecule has 29 heavy (non-hydrogen) atoms. The molecular formula is C22H21NO6. The molecule has 1 N–H and O–H groups in total. The van der Waals surface area contributed by atoms with Crippen LogP contribution in [0.2, 0.25) is 0 Å². The minimum atomic E-state index is -0.516. The van der Waals surface area contributed by atoms with Crippen LogP contribution in [0.1, 0.15) is 23.5 Å². The van der Waals surface area contributed by atoms with Gasteiger partial charge in [0.2, 0.25) is 11.7 Å². The molecule has 4 rings (SSSR count). The number of carbonyl (C=O) groups is 2. The molecule has 0 saturated carbocycles. The summed E-state index contributed by atoms with van der Waals surface area (Å²) in [5.74, 6) is -0.812. The third-order valence-electron chi connectivity index (χ3n) is 5.31. The minimum Gasteiger partial charge on any atom is -0.502 e. The van der Waals surface area contributed by atoms with Crippen molar-refractivity contribution in [1.29, 1.82) is 0 Å². The fourth-order valence-corrected chi connectivity index (χ4v) is 3.85. The van der Waals surface area contributed by atoms with Crippen molar-refractivity contribution in [3.8, 4) is 17.2 Å². The Kier molecular flexibility index (Phi) is 4.66. The first kappa shape index (κ1) is 18.9. The predicted octanol–water partition coefficient (Wildman–Crippen LogP) is 3.05. The van der Waals surface area contributed by atoms with Gasteiger partial charge >= 0.3 is 5.97 Å². The van der Waals surface area contributed by atoms with Gasteiger partial charge in [-0.3, -0.25) is 9.69 Å². The monoisotopic (exact) mass is 395 g/mol. The van der Waals surface area contributed by atoms with Crippen LogP contribution in [0, 0.1) is 6.92 Å². The van der Waals surface area contributed by atoms with Crippen LogP contribution in [0.3, 0.4) is 0 Å². The number of phenolic OH excluding ortho intramolecular Hbond substituents is 1. The summed E-state index contributed by atoms with van der Waals surface area (Å²) in [6, 6.07) is 10.8. The van der Waals surface area contributed by atoms with E-state index in [-0.39, 0.29) is 36.2 Å². The molecule has 0 fully saturated rings. The van der Waals surface area contributed by atoms with Crippen molar-refractivity contribution in [2.24, 2.45) is 0 Å². The second-order valence-electron chi connectivity index (χ2n) is 7.03. The molecule has 7 nitrogen and oxygen atoms in total. The summed E-state index contributed by atoms with van der Waals surface area (Å²) in [5.41, 5.74) is 3.41. The summed E-state index contributed by atoms with van der Waals surface area (Å²) in [6.45, 7) is 2.01. The maximum absolute atomic E-state index is 13.1. The van der Waals surface area contributed by atoms with Crippen molar-refractivity contribution in [2.75, 3.05) is 25.7 Å². The number of amides is 1. The van der Waals surface area contributed by atoms with Crippen molar-refractivity contribution in [3.63, 3.8) is 0 Å². The molecule has 1 amide bonds. The number of hydrogen-bond acceptors (Lipinski definition) is 6. The molecule has 7 heteroatoms. The van der Waals surface area contributed by atoms with Crippen molar-refractivity contribution in [1.82, 2.24) is 0 Å². The van der Waals surface area contributed by atoms with E-state index >= 15 is 0 Å². The van der Waals surface area contributed by atoms with Gasteiger partial charge in [-0.15, -0.1) is 0 Å². The second-order valence-corrected chi connectivity index (χ2v) is 7.03. The lowest BCUT2D eigenvalue weighted by Crippen LogP contribution is -2.37. The first-order valence-electron chi connectivity index (χ1n) is 9.19. The topological polar surface area (TPSA) is 85.3 Å². The third-order valence-corrected chi connectivity index (χ3v) is 5.31. The molecule has 2 heterocycles. The summed E-state index contributed by atoms with van der Waals surface area (Å²) < 4.78 is 15.7. The van der Waals surface area contributed by atoms with Crippen LogP contribution in [0.15, 0.2) is 47.7 Å². The average molecular weight is 395 g/mol. The SMILES string of the molecule is COc1cc(C2CC(=O)N(c3ccc(C)cc3)C3=C2C(=O)OC3)cc(OC)c1O. The fourth-order valence-electron chi connectivity index (χ4n) is 3.85. The normalized spacial score (nSPS) is 18.6. The van der Waals surface area contributed by atoms with Crippen LogP contribution in [-0.2, 0) is 14.3 Å². The molecule has 0 radical (unpaired) electrons. The Balaban J connectivity index is 1.84. The molecule has 0 aromatic heterocycles. The minimum absolute atomic E-state index is 0.0383. The number of cyclic esters (lactones) is 1. The number of rotatable bonds is 4. The standard InChI is InChI=1S/C22H21NO6/c1-12-4-6-14(7-5-12)23-16-11-29-22(26)20(16)15(10-19(23)24)13-8-17(27-2)21(25)18(9-13)28-3/h4-9,15,25H,10-11H2,1-3H3. The number of esters is 1. The highest BCUT2D eigenvalue weighted by Gasteiger charge is 2.43. The number of anilines is 1. The highest BCUT2D eigenvalue weighted by molar-refractivity contribution is 6.06. The fraction of sp³-hybridized carbons (Fsp3) is 0.273. The van der Waals surface area contributed by atoms with Crippen LogP contribution in [0.5, 0.6) is 17.2 Å². The number of aromatic hydroxyl groups is 1. The number of hydrogen-bond donors (Lipinski definition) is 1. The molecule has 0 bridgehead atoms. The molecular weight excluding hydrogens is 374 g/mol. The number of nitrogens with zero attached hydrogens (tertiary/aromatic N) is 1. The van der Waals surface area contributed by atoms with E-state index in [1.165, 1.54) is 14.2 Å². The molecule has 0 aliphatic carbocycles. The third kappa shape index (κ3) is 3.08. The van der Waals surface area contributed by atoms with Gasteiger partial charge in [0.1, 0.15) is 6.61 Å². The number of carbonyl (C=O) groups excluding carboxylic acids is 2. The van der Waals surface area contributed by atoms with Gasteiger partial charge in [-0.25, -0.2) is 4.79 Å². The molecule has 2 aliphatic rings. The quantitative estimate of drug-likeness (QED) is 0.801. The van der Waals surface area contributed by atoms with E-state index in [9.17, 15) is 14.7 Å². The van der Waals surface area contributed by atoms with Crippen LogP contribution in [0.4, 0.5) is 5.69 Å². The van der Waals surface area contributed by atoms with Crippen LogP contribution >= 0.6 is 0 Å². The Hall–Kier alpha value is -3.48. The average Bonchev–Trinajstić information content (AvgIpc) is 3.10. The van der Waals surface area contributed by atoms with Crippen molar-refractivity contribution >= 4 is 17.6 Å². The van der Waals surface area contributed by atoms with E-state index in [1.54, 1.807) is 17.0 Å². The molecule has 2 aromatic carbocycles. The number of benzene rings is 2. The van der Waals surface area contributed by atoms with E-state index in [1.807, 2.05) is 31.2 Å². The second kappa shape index (κ2) is 7.16. The number of ether oxygens (including phenoxy) is 3. The van der Waals surface area contributed by atoms with E-state index in [0.717, 1.165) is 5.56 Å². The van der Waals surface area contributed by atoms with Crippen LogP contribution in [0.25, 0.3) is 0 Å². The molecule has 150 valence electrons. The van der Waals surface area contributed by atoms with Gasteiger partial charge in [0, 0.05) is 18.0 Å². The molecule has 0 saturated heterocycles. The summed E-state index contributed by atoms with van der Waals surface area (Å²) in [7, 11) is 2.86. The van der Waals surface area contributed by atoms with Gasteiger partial charge in [0.25, 0.3) is 0 Å². The van der Waals surface area contributed by atoms with E-state index in [4.69, 9.17) is 14.2 Å². The van der Waals surface area contributed by atoms with Crippen molar-refractivity contribution in [2.45, 2.75) is 19.3 Å². The largest absolute Gasteiger partial charge is 0.502 e. The maximum atomic E-state index is 13.1. The van der Waals surface area contributed by atoms with Crippen LogP contribution in [-0.4, -0.2) is 37.8 Å². The number of methoxy groups -OCH3 is 2. The first-order chi connectivity index (χ1) is 13.9. The van der Waals surface area contributed by atoms with Crippen molar-refractivity contribution < 1.29 is 28.9 Å². The van der Waals surface area contributed by atoms with Gasteiger partial charge < -0.3 is 19.3 Å². The highest BCUT2D eigenvalue weighted by atomic mass is 16.5. The zero-order valence-electron chi connectivity index (χ0n) is 16.4. The van der Waals surface area contributed by atoms with Gasteiger partial charge in [-0.05, 0) is 36.8 Å². The lowest BCUT2D eigenvalue weighted by atomic mass is 9.83. The molecule has 1 atom stereocenters. The molecule has 2 aromatic rings. The van der Waals surface area contributed by atoms with E-state index < -0.39 is 11.9 Å². The summed E-state index contributed by atoms with van der Waals surface area (Å²) in [4.78, 5) is 27.2. The highest BCUT2D eigenvalue weighted by Crippen LogP contribution is 2.46. The Morgan fingerprint density at radius 3 is 2.28 bits per heavy atom. The summed E-state index contributed by atoms with van der Waals surface area (Å²) in [6.07, 6.45) is 0.0822. The maximum Gasteiger partial charge on any atom is 0.336 e. The zero-order chi connectivity index (χ0) is 20.7. The van der Waals surface area contributed by atoms with E-state index in [2.05, 4.69) is 0 Å². The van der Waals surface area contributed by atoms with Gasteiger partial charge in [-0.2, -0.15) is 0 Å². The van der Waals surface area contributed by atoms with Gasteiger partial charge in [0.15, 0.2) is 11.5 Å². The van der Waals surface area contributed by atoms with Crippen molar-refractivity contribution in [3.05, 3.63) is 58.8 Å². The Morgan fingerprint density at radius 1 is 1.07 bits per heavy atom. The summed E-state index contributed by atoms with van der Waals surface area (Å²) >= 11 is 0. The summed E-state index contributed by atoms with van der Waals surface area (Å²) in [5, 5.41) is 10.2. The number of phenols is 1. The first-order valence-corrected chi connectivity index (χ1v) is 9.19. The number of aryl methyl sites for hydroxylation is 1. The smallest absolute Gasteiger partial charge is 0.336 e. The Morgan fingerprint density at radius 2 is 1.69 bits per heavy atom. The predicted molar refractivity (Wildman–Crippen MR) is 105 cm³/mol. The molecule has 2 aliphatic heterocycles. The van der Waals surface area contributed by atoms with Gasteiger partial charge in [-0.1, -0.05) is 17.7 Å². The van der Waals surface area contributed by atoms with Gasteiger partial charge in [0.05, 0.1) is 25.5 Å². The van der Waals surface area contributed by atoms with Crippen LogP contribution < -0.4 is 14.4 Å². The lowest BCUT2D eigenvalue weighted by Gasteiger charge is -2.32. The van der Waals surface area contributed by atoms with E-state index in [0.29, 0.717) is 22.5 Å². The Bertz CT molecular complexity index is 999. The lowest BCUT2D eigenvalue weighted by molar-refractivity contribution is -0.136. The Labute approximate surface area is 168 Å².